The van der Waals surface area contributed by atoms with Crippen LogP contribution in [-0.2, 0) is 0 Å². The Labute approximate surface area is 215 Å². The van der Waals surface area contributed by atoms with E-state index in [1.54, 1.807) is 0 Å². The molecule has 1 aliphatic heterocycles. The average Bonchev–Trinajstić information content (AvgIpc) is 2.79. The zero-order valence-electron chi connectivity index (χ0n) is 21.4. The SMILES string of the molecule is NC1[CH+]C(N)C2CC1NC1CC(NC3CC(NC4CC(N2)C(N)CC4N)C(N)CC3N)C(N)CC1N. The van der Waals surface area contributed by atoms with Gasteiger partial charge in [-0.1, -0.05) is 0 Å². The number of nitrogens with one attached hydrogen (secondary N) is 4. The fraction of sp³-hybridized carbons (Fsp3) is 0.958. The summed E-state index contributed by atoms with van der Waals surface area (Å²) >= 11 is 0. The highest BCUT2D eigenvalue weighted by Gasteiger charge is 2.47. The lowest BCUT2D eigenvalue weighted by Crippen LogP contribution is -2.72. The zero-order valence-corrected chi connectivity index (χ0v) is 21.4. The van der Waals surface area contributed by atoms with Crippen molar-refractivity contribution in [2.75, 3.05) is 0 Å². The highest BCUT2D eigenvalue weighted by molar-refractivity contribution is 5.12. The lowest BCUT2D eigenvalue weighted by atomic mass is 9.76. The van der Waals surface area contributed by atoms with E-state index in [1.807, 2.05) is 0 Å². The van der Waals surface area contributed by atoms with Gasteiger partial charge in [0.05, 0.1) is 12.1 Å². The minimum atomic E-state index is -0.150. The minimum absolute atomic E-state index is 0.0300. The van der Waals surface area contributed by atoms with E-state index in [2.05, 4.69) is 27.7 Å². The van der Waals surface area contributed by atoms with Gasteiger partial charge in [0.15, 0.2) is 12.1 Å². The maximum absolute atomic E-state index is 6.61. The van der Waals surface area contributed by atoms with E-state index >= 15 is 0 Å². The number of hydrogen-bond donors (Lipinski definition) is 12. The molecular formula is C24H51N12+. The van der Waals surface area contributed by atoms with Gasteiger partial charge in [-0.3, -0.25) is 11.5 Å². The van der Waals surface area contributed by atoms with E-state index in [4.69, 9.17) is 45.9 Å². The first kappa shape index (κ1) is 27.0. The van der Waals surface area contributed by atoms with Crippen molar-refractivity contribution in [1.29, 1.82) is 0 Å². The summed E-state index contributed by atoms with van der Waals surface area (Å²) in [5, 5.41) is 15.2. The molecule has 0 amide bonds. The highest BCUT2D eigenvalue weighted by Crippen LogP contribution is 2.28. The van der Waals surface area contributed by atoms with Crippen molar-refractivity contribution >= 4 is 0 Å². The van der Waals surface area contributed by atoms with Crippen LogP contribution in [0.25, 0.3) is 0 Å². The molecule has 12 heteroatoms. The first-order chi connectivity index (χ1) is 17.1. The van der Waals surface area contributed by atoms with Crippen molar-refractivity contribution < 1.29 is 0 Å². The Morgan fingerprint density at radius 1 is 0.333 bits per heavy atom. The molecule has 0 aromatic rings. The lowest BCUT2D eigenvalue weighted by Gasteiger charge is -2.48. The largest absolute Gasteiger partial charge is 0.326 e. The molecule has 16 atom stereocenters. The number of nitrogens with two attached hydrogens (primary N) is 8. The van der Waals surface area contributed by atoms with E-state index in [0.29, 0.717) is 0 Å². The number of hydrogen-bond acceptors (Lipinski definition) is 12. The first-order valence-corrected chi connectivity index (χ1v) is 14.0. The molecule has 0 aromatic carbocycles. The van der Waals surface area contributed by atoms with Crippen LogP contribution in [0.1, 0.15) is 44.9 Å². The summed E-state index contributed by atoms with van der Waals surface area (Å²) in [4.78, 5) is 0. The Bertz CT molecular complexity index is 574. The minimum Gasteiger partial charge on any atom is -0.326 e. The molecule has 1 heterocycles. The van der Waals surface area contributed by atoms with Gasteiger partial charge in [-0.15, -0.1) is 0 Å². The van der Waals surface area contributed by atoms with Crippen molar-refractivity contribution in [2.24, 2.45) is 45.9 Å². The van der Waals surface area contributed by atoms with Gasteiger partial charge in [-0.05, 0) is 44.9 Å². The van der Waals surface area contributed by atoms with Gasteiger partial charge in [-0.2, -0.15) is 0 Å². The first-order valence-electron chi connectivity index (χ1n) is 14.0. The van der Waals surface area contributed by atoms with Crippen molar-refractivity contribution in [3.8, 4) is 0 Å². The quantitative estimate of drug-likeness (QED) is 0.137. The van der Waals surface area contributed by atoms with Crippen molar-refractivity contribution in [3.63, 3.8) is 0 Å². The maximum Gasteiger partial charge on any atom is 0.163 e. The Kier molecular flexibility index (Phi) is 8.15. The van der Waals surface area contributed by atoms with Crippen molar-refractivity contribution in [1.82, 2.24) is 21.3 Å². The zero-order chi connectivity index (χ0) is 25.7. The maximum atomic E-state index is 6.61. The third-order valence-corrected chi connectivity index (χ3v) is 9.85. The molecule has 1 saturated heterocycles. The van der Waals surface area contributed by atoms with E-state index in [9.17, 15) is 0 Å². The van der Waals surface area contributed by atoms with Crippen molar-refractivity contribution in [3.05, 3.63) is 6.42 Å². The van der Waals surface area contributed by atoms with Crippen LogP contribution in [0.4, 0.5) is 0 Å². The molecule has 36 heavy (non-hydrogen) atoms. The van der Waals surface area contributed by atoms with Crippen molar-refractivity contribution in [2.45, 2.75) is 142 Å². The Balaban J connectivity index is 1.42. The Hall–Kier alpha value is -0.610. The number of fused-ring (bicyclic) bond motifs is 8. The molecule has 0 aromatic heterocycles. The van der Waals surface area contributed by atoms with Gasteiger partial charge in [-0.25, -0.2) is 0 Å². The summed E-state index contributed by atoms with van der Waals surface area (Å²) in [6.45, 7) is 0. The van der Waals surface area contributed by atoms with Gasteiger partial charge in [0, 0.05) is 72.5 Å². The third kappa shape index (κ3) is 5.56. The summed E-state index contributed by atoms with van der Waals surface area (Å²) in [7, 11) is 0. The topological polar surface area (TPSA) is 256 Å². The smallest absolute Gasteiger partial charge is 0.163 e. The summed E-state index contributed by atoms with van der Waals surface area (Å²) in [6.07, 6.45) is 7.55. The summed E-state index contributed by atoms with van der Waals surface area (Å²) in [5.74, 6) is 0. The predicted molar refractivity (Wildman–Crippen MR) is 143 cm³/mol. The van der Waals surface area contributed by atoms with E-state index in [1.165, 1.54) is 0 Å². The molecule has 12 nitrogen and oxygen atoms in total. The molecule has 20 N–H and O–H groups in total. The predicted octanol–water partition coefficient (Wildman–Crippen LogP) is -5.09. The Morgan fingerprint density at radius 3 is 0.833 bits per heavy atom. The molecule has 206 valence electrons. The summed E-state index contributed by atoms with van der Waals surface area (Å²) in [6, 6.07) is 0.287. The second-order valence-electron chi connectivity index (χ2n) is 12.5. The second kappa shape index (κ2) is 10.9. The summed E-state index contributed by atoms with van der Waals surface area (Å²) < 4.78 is 0. The van der Waals surface area contributed by atoms with Gasteiger partial charge in [0.25, 0.3) is 0 Å². The molecule has 5 rings (SSSR count). The van der Waals surface area contributed by atoms with Crippen LogP contribution in [0.15, 0.2) is 0 Å². The Morgan fingerprint density at radius 2 is 0.556 bits per heavy atom. The van der Waals surface area contributed by atoms with Crippen LogP contribution in [0.5, 0.6) is 0 Å². The van der Waals surface area contributed by atoms with Crippen LogP contribution in [0.3, 0.4) is 0 Å². The molecule has 4 saturated carbocycles. The van der Waals surface area contributed by atoms with Crippen LogP contribution in [0, 0.1) is 6.42 Å². The molecule has 8 bridgehead atoms. The monoisotopic (exact) mass is 507 g/mol. The van der Waals surface area contributed by atoms with Crippen LogP contribution >= 0.6 is 0 Å². The van der Waals surface area contributed by atoms with Crippen LogP contribution in [0.2, 0.25) is 0 Å². The molecule has 4 aliphatic carbocycles. The standard InChI is InChI=1S/C24H51N12/c25-9-1-10(26)18-5-17(9)33-19-6-21(13(29)2-11(19)27)35-23-8-24(16(32)4-15(23)31)36-22-7-20(34-18)12(28)3-14(22)30/h1,9-24,33-36H,2-8,25-32H2/q+1. The average molecular weight is 508 g/mol. The molecular weight excluding hydrogens is 456 g/mol. The van der Waals surface area contributed by atoms with Gasteiger partial charge in [0.1, 0.15) is 6.42 Å². The third-order valence-electron chi connectivity index (χ3n) is 9.85. The number of rotatable bonds is 0. The van der Waals surface area contributed by atoms with E-state index in [0.717, 1.165) is 44.9 Å². The lowest BCUT2D eigenvalue weighted by molar-refractivity contribution is 0.141. The second-order valence-corrected chi connectivity index (χ2v) is 12.5. The van der Waals surface area contributed by atoms with E-state index in [-0.39, 0.29) is 96.7 Å². The fourth-order valence-corrected chi connectivity index (χ4v) is 7.52. The normalized spacial score (nSPS) is 56.4. The highest BCUT2D eigenvalue weighted by atomic mass is 15.1. The van der Waals surface area contributed by atoms with Crippen LogP contribution in [-0.4, -0.2) is 96.7 Å². The van der Waals surface area contributed by atoms with Gasteiger partial charge in [0.2, 0.25) is 0 Å². The molecule has 5 aliphatic rings. The van der Waals surface area contributed by atoms with Gasteiger partial charge < -0.3 is 55.7 Å². The molecule has 16 unspecified atom stereocenters. The summed E-state index contributed by atoms with van der Waals surface area (Å²) in [5.41, 5.74) is 52.8. The molecule has 0 spiro atoms. The van der Waals surface area contributed by atoms with Gasteiger partial charge >= 0.3 is 0 Å². The molecule has 0 radical (unpaired) electrons. The van der Waals surface area contributed by atoms with E-state index < -0.39 is 0 Å². The fourth-order valence-electron chi connectivity index (χ4n) is 7.52. The van der Waals surface area contributed by atoms with Crippen LogP contribution < -0.4 is 67.1 Å². The molecule has 5 fully saturated rings.